The molecule has 2 N–H and O–H groups in total. The molecule has 0 spiro atoms. The molecule has 0 bridgehead atoms. The highest BCUT2D eigenvalue weighted by Gasteiger charge is 1.90. The van der Waals surface area contributed by atoms with E-state index in [1.807, 2.05) is 19.1 Å². The number of nitrogen functional groups attached to an aromatic ring is 1. The van der Waals surface area contributed by atoms with Gasteiger partial charge < -0.3 is 5.73 Å². The van der Waals surface area contributed by atoms with Gasteiger partial charge in [0.1, 0.15) is 0 Å². The molecule has 0 atom stereocenters. The number of allylic oxidation sites excluding steroid dienone is 1. The quantitative estimate of drug-likeness (QED) is 0.659. The third kappa shape index (κ3) is 1.68. The zero-order chi connectivity index (χ0) is 8.27. The van der Waals surface area contributed by atoms with Crippen molar-refractivity contribution in [3.8, 4) is 0 Å². The van der Waals surface area contributed by atoms with E-state index in [4.69, 9.17) is 5.73 Å². The number of anilines is 1. The summed E-state index contributed by atoms with van der Waals surface area (Å²) in [6, 6.07) is 0. The van der Waals surface area contributed by atoms with Crippen molar-refractivity contribution < 1.29 is 0 Å². The molecule has 0 aliphatic heterocycles. The smallest absolute Gasteiger partial charge is 0.181 e. The summed E-state index contributed by atoms with van der Waals surface area (Å²) in [4.78, 5) is 4.11. The summed E-state index contributed by atoms with van der Waals surface area (Å²) < 4.78 is 1.10. The highest BCUT2D eigenvalue weighted by Crippen LogP contribution is 1.93. The topological polar surface area (TPSA) is 38.9 Å². The first-order chi connectivity index (χ1) is 5.27. The molecule has 1 rings (SSSR count). The van der Waals surface area contributed by atoms with Gasteiger partial charge in [0.25, 0.3) is 0 Å². The average molecular weight is 166 g/mol. The molecule has 1 aromatic rings. The van der Waals surface area contributed by atoms with Crippen LogP contribution in [0.1, 0.15) is 6.92 Å². The third-order valence-corrected chi connectivity index (χ3v) is 2.20. The number of hydrogen-bond acceptors (Lipinski definition) is 3. The summed E-state index contributed by atoms with van der Waals surface area (Å²) in [5.41, 5.74) is 5.52. The fourth-order valence-electron chi connectivity index (χ4n) is 0.799. The van der Waals surface area contributed by atoms with Gasteiger partial charge in [0.05, 0.1) is 9.88 Å². The molecule has 0 unspecified atom stereocenters. The number of hydrogen-bond donors (Lipinski definition) is 1. The fraction of sp³-hybridized carbons (Fsp3) is 0.125. The Balaban J connectivity index is 3.47. The van der Waals surface area contributed by atoms with E-state index < -0.39 is 0 Å². The van der Waals surface area contributed by atoms with Gasteiger partial charge in [-0.05, 0) is 13.0 Å². The molecule has 3 heteroatoms. The molecular weight excluding hydrogens is 156 g/mol. The van der Waals surface area contributed by atoms with E-state index in [1.54, 1.807) is 6.08 Å². The Morgan fingerprint density at radius 3 is 2.91 bits per heavy atom. The zero-order valence-electron chi connectivity index (χ0n) is 6.37. The summed E-state index contributed by atoms with van der Waals surface area (Å²) in [5, 5.41) is 1.51. The maximum Gasteiger partial charge on any atom is 0.181 e. The predicted octanol–water partition coefficient (Wildman–Crippen LogP) is 0.492. The van der Waals surface area contributed by atoms with Crippen LogP contribution in [0.15, 0.2) is 12.7 Å². The highest BCUT2D eigenvalue weighted by molar-refractivity contribution is 7.13. The van der Waals surface area contributed by atoms with Gasteiger partial charge in [-0.1, -0.05) is 30.1 Å². The largest absolute Gasteiger partial charge is 0.375 e. The van der Waals surface area contributed by atoms with E-state index >= 15 is 0 Å². The Kier molecular flexibility index (Phi) is 2.44. The van der Waals surface area contributed by atoms with Crippen molar-refractivity contribution in [2.75, 3.05) is 5.73 Å². The summed E-state index contributed by atoms with van der Waals surface area (Å²) >= 11 is 1.49. The lowest BCUT2D eigenvalue weighted by molar-refractivity contribution is 1.32. The predicted molar refractivity (Wildman–Crippen MR) is 50.6 cm³/mol. The van der Waals surface area contributed by atoms with Crippen LogP contribution in [-0.2, 0) is 0 Å². The van der Waals surface area contributed by atoms with Gasteiger partial charge in [0, 0.05) is 0 Å². The summed E-state index contributed by atoms with van der Waals surface area (Å²) in [7, 11) is 0. The SMILES string of the molecule is C=C/C=c1/nc(N)s/c1=C/C. The molecule has 58 valence electrons. The fourth-order valence-corrected chi connectivity index (χ4v) is 1.50. The minimum absolute atomic E-state index is 0.603. The second-order valence-corrected chi connectivity index (χ2v) is 3.05. The van der Waals surface area contributed by atoms with Crippen LogP contribution < -0.4 is 15.6 Å². The van der Waals surface area contributed by atoms with Crippen LogP contribution in [0, 0.1) is 0 Å². The number of nitrogens with two attached hydrogens (primary N) is 1. The normalized spacial score (nSPS) is 13.9. The maximum atomic E-state index is 5.52. The molecule has 0 aliphatic rings. The lowest BCUT2D eigenvalue weighted by Gasteiger charge is -1.71. The Hall–Kier alpha value is -1.09. The van der Waals surface area contributed by atoms with Gasteiger partial charge in [-0.25, -0.2) is 4.98 Å². The Bertz CT molecular complexity index is 362. The molecule has 1 aromatic heterocycles. The van der Waals surface area contributed by atoms with E-state index in [9.17, 15) is 0 Å². The number of rotatable bonds is 1. The molecule has 2 nitrogen and oxygen atoms in total. The van der Waals surface area contributed by atoms with Crippen LogP contribution >= 0.6 is 11.3 Å². The molecule has 0 aliphatic carbocycles. The van der Waals surface area contributed by atoms with Gasteiger partial charge in [0.15, 0.2) is 5.13 Å². The number of aromatic nitrogens is 1. The third-order valence-electron chi connectivity index (χ3n) is 1.24. The van der Waals surface area contributed by atoms with Crippen LogP contribution in [0.25, 0.3) is 12.2 Å². The second kappa shape index (κ2) is 3.34. The van der Waals surface area contributed by atoms with Gasteiger partial charge in [-0.3, -0.25) is 0 Å². The lowest BCUT2D eigenvalue weighted by atomic mass is 10.5. The van der Waals surface area contributed by atoms with Crippen molar-refractivity contribution in [1.82, 2.24) is 4.98 Å². The number of nitrogens with zero attached hydrogens (tertiary/aromatic N) is 1. The summed E-state index contributed by atoms with van der Waals surface area (Å²) in [6.07, 6.45) is 5.55. The standard InChI is InChI=1S/C8H10N2S/c1-3-5-6-7(4-2)11-8(9)10-6/h3-5H,1H2,2H3,(H2,9,10)/b6-5+,7-4+. The molecule has 0 saturated heterocycles. The van der Waals surface area contributed by atoms with Crippen molar-refractivity contribution in [3.05, 3.63) is 22.5 Å². The molecular formula is C8H10N2S. The molecule has 0 saturated carbocycles. The Morgan fingerprint density at radius 2 is 2.36 bits per heavy atom. The van der Waals surface area contributed by atoms with Gasteiger partial charge in [-0.2, -0.15) is 0 Å². The van der Waals surface area contributed by atoms with Crippen molar-refractivity contribution >= 4 is 28.6 Å². The van der Waals surface area contributed by atoms with Gasteiger partial charge in [0.2, 0.25) is 0 Å². The van der Waals surface area contributed by atoms with Crippen LogP contribution in [0.2, 0.25) is 0 Å². The molecule has 0 radical (unpaired) electrons. The Morgan fingerprint density at radius 1 is 1.64 bits per heavy atom. The summed E-state index contributed by atoms with van der Waals surface area (Å²) in [5.74, 6) is 0. The van der Waals surface area contributed by atoms with Crippen LogP contribution in [0.5, 0.6) is 0 Å². The molecule has 0 aromatic carbocycles. The monoisotopic (exact) mass is 166 g/mol. The Labute approximate surface area is 69.4 Å². The second-order valence-electron chi connectivity index (χ2n) is 1.99. The molecule has 1 heterocycles. The first-order valence-corrected chi connectivity index (χ1v) is 4.11. The minimum atomic E-state index is 0.603. The van der Waals surface area contributed by atoms with E-state index in [2.05, 4.69) is 11.6 Å². The zero-order valence-corrected chi connectivity index (χ0v) is 7.19. The van der Waals surface area contributed by atoms with E-state index in [0.29, 0.717) is 5.13 Å². The molecule has 0 amide bonds. The first kappa shape index (κ1) is 8.01. The average Bonchev–Trinajstić information content (AvgIpc) is 2.32. The minimum Gasteiger partial charge on any atom is -0.375 e. The van der Waals surface area contributed by atoms with Crippen LogP contribution in [0.4, 0.5) is 5.13 Å². The van der Waals surface area contributed by atoms with Gasteiger partial charge in [-0.15, -0.1) is 0 Å². The molecule has 0 fully saturated rings. The van der Waals surface area contributed by atoms with E-state index in [0.717, 1.165) is 9.88 Å². The lowest BCUT2D eigenvalue weighted by Crippen LogP contribution is -2.19. The van der Waals surface area contributed by atoms with E-state index in [1.165, 1.54) is 11.3 Å². The molecule has 11 heavy (non-hydrogen) atoms. The van der Waals surface area contributed by atoms with Crippen molar-refractivity contribution in [2.24, 2.45) is 0 Å². The van der Waals surface area contributed by atoms with Crippen molar-refractivity contribution in [3.63, 3.8) is 0 Å². The highest BCUT2D eigenvalue weighted by atomic mass is 32.1. The van der Waals surface area contributed by atoms with Crippen LogP contribution in [0.3, 0.4) is 0 Å². The van der Waals surface area contributed by atoms with Gasteiger partial charge >= 0.3 is 0 Å². The number of thiazole rings is 1. The van der Waals surface area contributed by atoms with Crippen molar-refractivity contribution in [2.45, 2.75) is 6.92 Å². The first-order valence-electron chi connectivity index (χ1n) is 3.29. The summed E-state index contributed by atoms with van der Waals surface area (Å²) in [6.45, 7) is 5.56. The maximum absolute atomic E-state index is 5.52. The van der Waals surface area contributed by atoms with Crippen molar-refractivity contribution in [1.29, 1.82) is 0 Å². The van der Waals surface area contributed by atoms with E-state index in [-0.39, 0.29) is 0 Å². The van der Waals surface area contributed by atoms with Crippen LogP contribution in [-0.4, -0.2) is 4.98 Å².